The highest BCUT2D eigenvalue weighted by Gasteiger charge is 2.38. The predicted octanol–water partition coefficient (Wildman–Crippen LogP) is 1.51. The van der Waals surface area contributed by atoms with Gasteiger partial charge in [0.05, 0.1) is 12.0 Å². The van der Waals surface area contributed by atoms with E-state index in [1.54, 1.807) is 0 Å². The average molecular weight is 242 g/mol. The van der Waals surface area contributed by atoms with Gasteiger partial charge in [-0.25, -0.2) is 0 Å². The number of hydrogen-bond acceptors (Lipinski definition) is 3. The molecule has 0 saturated heterocycles. The Morgan fingerprint density at radius 1 is 1.39 bits per heavy atom. The number of aliphatic carboxylic acids is 1. The van der Waals surface area contributed by atoms with Gasteiger partial charge in [0.1, 0.15) is 0 Å². The molecule has 0 unspecified atom stereocenters. The summed E-state index contributed by atoms with van der Waals surface area (Å²) in [4.78, 5) is 11.3. The second-order valence-electron chi connectivity index (χ2n) is 5.34. The average Bonchev–Trinajstić information content (AvgIpc) is 2.76. The number of fused-ring (bicyclic) bond motifs is 3. The van der Waals surface area contributed by atoms with Gasteiger partial charge in [0.25, 0.3) is 0 Å². The summed E-state index contributed by atoms with van der Waals surface area (Å²) in [5.41, 5.74) is 4.53. The molecule has 0 spiro atoms. The van der Waals surface area contributed by atoms with Crippen molar-refractivity contribution >= 4 is 11.7 Å². The van der Waals surface area contributed by atoms with E-state index >= 15 is 0 Å². The first-order chi connectivity index (χ1) is 8.58. The predicted molar refractivity (Wildman–Crippen MR) is 68.3 cm³/mol. The highest BCUT2D eigenvalue weighted by Crippen LogP contribution is 2.45. The first kappa shape index (κ1) is 11.3. The second-order valence-corrected chi connectivity index (χ2v) is 5.34. The molecule has 0 saturated carbocycles. The van der Waals surface area contributed by atoms with Crippen LogP contribution in [0.1, 0.15) is 29.0 Å². The lowest BCUT2D eigenvalue weighted by Crippen LogP contribution is -2.49. The molecule has 0 aromatic heterocycles. The van der Waals surface area contributed by atoms with Crippen LogP contribution in [-0.4, -0.2) is 12.0 Å². The Balaban J connectivity index is 2.14. The van der Waals surface area contributed by atoms with Crippen LogP contribution >= 0.6 is 0 Å². The third-order valence-corrected chi connectivity index (χ3v) is 4.06. The number of anilines is 1. The van der Waals surface area contributed by atoms with E-state index < -0.39 is 12.0 Å². The fourth-order valence-electron chi connectivity index (χ4n) is 3.31. The van der Waals surface area contributed by atoms with Gasteiger partial charge in [-0.05, 0) is 37.3 Å². The number of carbonyl (C=O) groups is 1. The zero-order valence-electron chi connectivity index (χ0n) is 10.6. The number of carboxylic acid groups (broad SMARTS) is 1. The quantitative estimate of drug-likeness (QED) is 0.759. The van der Waals surface area contributed by atoms with Crippen LogP contribution in [0.2, 0.25) is 0 Å². The van der Waals surface area contributed by atoms with Crippen LogP contribution in [0.15, 0.2) is 24.3 Å². The first-order valence-electron chi connectivity index (χ1n) is 6.33. The van der Waals surface area contributed by atoms with Crippen LogP contribution in [0.3, 0.4) is 0 Å². The van der Waals surface area contributed by atoms with Crippen LogP contribution in [0.4, 0.5) is 5.69 Å². The number of allylic oxidation sites excluding steroid dienone is 2. The summed E-state index contributed by atoms with van der Waals surface area (Å²) in [6.07, 6.45) is 5.03. The molecule has 1 aliphatic heterocycles. The molecule has 3 nitrogen and oxygen atoms in total. The maximum Gasteiger partial charge on any atom is 0.0698 e. The third-order valence-electron chi connectivity index (χ3n) is 4.06. The Morgan fingerprint density at radius 3 is 2.89 bits per heavy atom. The van der Waals surface area contributed by atoms with Crippen molar-refractivity contribution in [3.8, 4) is 0 Å². The molecule has 1 aromatic rings. The van der Waals surface area contributed by atoms with Crippen molar-refractivity contribution in [2.24, 2.45) is 5.92 Å². The van der Waals surface area contributed by atoms with Gasteiger partial charge in [-0.1, -0.05) is 29.8 Å². The van der Waals surface area contributed by atoms with Gasteiger partial charge in [-0.2, -0.15) is 0 Å². The Bertz CT molecular complexity index is 548. The van der Waals surface area contributed by atoms with Crippen LogP contribution in [0.5, 0.6) is 0 Å². The van der Waals surface area contributed by atoms with Gasteiger partial charge < -0.3 is 15.2 Å². The van der Waals surface area contributed by atoms with Crippen molar-refractivity contribution in [3.63, 3.8) is 0 Å². The van der Waals surface area contributed by atoms with E-state index in [4.69, 9.17) is 0 Å². The van der Waals surface area contributed by atoms with E-state index in [-0.39, 0.29) is 11.8 Å². The molecule has 0 bridgehead atoms. The van der Waals surface area contributed by atoms with Gasteiger partial charge >= 0.3 is 0 Å². The Labute approximate surface area is 107 Å². The zero-order valence-corrected chi connectivity index (χ0v) is 10.6. The smallest absolute Gasteiger partial charge is 0.0698 e. The van der Waals surface area contributed by atoms with Crippen molar-refractivity contribution in [3.05, 3.63) is 41.0 Å². The fourth-order valence-corrected chi connectivity index (χ4v) is 3.31. The van der Waals surface area contributed by atoms with Crippen molar-refractivity contribution < 1.29 is 9.90 Å². The molecule has 3 atom stereocenters. The van der Waals surface area contributed by atoms with E-state index in [0.717, 1.165) is 17.7 Å². The number of hydrogen-bond donors (Lipinski definition) is 1. The number of carboxylic acids is 1. The molecule has 0 amide bonds. The van der Waals surface area contributed by atoms with Gasteiger partial charge in [-0.15, -0.1) is 0 Å². The maximum atomic E-state index is 11.3. The van der Waals surface area contributed by atoms with E-state index in [9.17, 15) is 9.90 Å². The highest BCUT2D eigenvalue weighted by molar-refractivity contribution is 5.80. The number of benzene rings is 1. The van der Waals surface area contributed by atoms with Crippen LogP contribution in [0.25, 0.3) is 0 Å². The summed E-state index contributed by atoms with van der Waals surface area (Å²) in [7, 11) is 0. The van der Waals surface area contributed by atoms with E-state index in [1.165, 1.54) is 11.1 Å². The van der Waals surface area contributed by atoms with Gasteiger partial charge in [0.2, 0.25) is 0 Å². The minimum Gasteiger partial charge on any atom is -0.548 e. The van der Waals surface area contributed by atoms with Crippen molar-refractivity contribution in [1.29, 1.82) is 0 Å². The van der Waals surface area contributed by atoms with Crippen molar-refractivity contribution in [2.75, 3.05) is 5.32 Å². The maximum absolute atomic E-state index is 11.3. The van der Waals surface area contributed by atoms with E-state index in [2.05, 4.69) is 36.5 Å². The van der Waals surface area contributed by atoms with Crippen LogP contribution in [0, 0.1) is 19.8 Å². The molecule has 1 aliphatic carbocycles. The lowest BCUT2D eigenvalue weighted by atomic mass is 9.78. The zero-order chi connectivity index (χ0) is 12.9. The minimum atomic E-state index is -1.00. The normalized spacial score (nSPS) is 28.4. The molecule has 94 valence electrons. The molecule has 3 rings (SSSR count). The molecule has 1 heterocycles. The minimum absolute atomic E-state index is 0.0868. The third kappa shape index (κ3) is 1.54. The molecule has 1 aromatic carbocycles. The molecule has 18 heavy (non-hydrogen) atoms. The SMILES string of the molecule is Cc1cc(C)c2c(c1)[C@H]1C=CC[C@H]1[C@H](C(=O)[O-])N2. The largest absolute Gasteiger partial charge is 0.548 e. The summed E-state index contributed by atoms with van der Waals surface area (Å²) in [6, 6.07) is 3.66. The summed E-state index contributed by atoms with van der Waals surface area (Å²) < 4.78 is 0. The molecule has 3 heteroatoms. The summed E-state index contributed by atoms with van der Waals surface area (Å²) in [5, 5.41) is 14.4. The van der Waals surface area contributed by atoms with Crippen LogP contribution < -0.4 is 10.4 Å². The van der Waals surface area contributed by atoms with E-state index in [0.29, 0.717) is 0 Å². The van der Waals surface area contributed by atoms with Gasteiger partial charge in [0, 0.05) is 11.6 Å². The van der Waals surface area contributed by atoms with Gasteiger partial charge in [0.15, 0.2) is 0 Å². The molecule has 0 fully saturated rings. The molecule has 2 aliphatic rings. The number of rotatable bonds is 1. The van der Waals surface area contributed by atoms with Crippen LogP contribution in [-0.2, 0) is 4.79 Å². The van der Waals surface area contributed by atoms with Gasteiger partial charge in [-0.3, -0.25) is 0 Å². The number of carbonyl (C=O) groups excluding carboxylic acids is 1. The Kier molecular flexibility index (Phi) is 2.44. The van der Waals surface area contributed by atoms with E-state index in [1.807, 2.05) is 6.92 Å². The molecular formula is C15H16NO2-. The molecular weight excluding hydrogens is 226 g/mol. The lowest BCUT2D eigenvalue weighted by Gasteiger charge is -2.38. The second kappa shape index (κ2) is 3.87. The van der Waals surface area contributed by atoms with Crippen molar-refractivity contribution in [2.45, 2.75) is 32.2 Å². The topological polar surface area (TPSA) is 52.2 Å². The summed E-state index contributed by atoms with van der Waals surface area (Å²) in [6.45, 7) is 4.09. The molecule has 0 radical (unpaired) electrons. The lowest BCUT2D eigenvalue weighted by molar-refractivity contribution is -0.308. The number of aryl methyl sites for hydroxylation is 2. The first-order valence-corrected chi connectivity index (χ1v) is 6.33. The number of nitrogens with one attached hydrogen (secondary N) is 1. The fraction of sp³-hybridized carbons (Fsp3) is 0.400. The summed E-state index contributed by atoms with van der Waals surface area (Å²) >= 11 is 0. The molecule has 1 N–H and O–H groups in total. The Morgan fingerprint density at radius 2 is 2.17 bits per heavy atom. The summed E-state index contributed by atoms with van der Waals surface area (Å²) in [5.74, 6) is -0.703. The standard InChI is InChI=1S/C15H17NO2/c1-8-6-9(2)13-12(7-8)10-4-3-5-11(10)14(16-13)15(17)18/h3-4,6-7,10-11,14,16H,5H2,1-2H3,(H,17,18)/p-1/t10-,11+,14+/m0/s1. The highest BCUT2D eigenvalue weighted by atomic mass is 16.4. The van der Waals surface area contributed by atoms with Crippen molar-refractivity contribution in [1.82, 2.24) is 0 Å². The Hall–Kier alpha value is -1.77. The monoisotopic (exact) mass is 242 g/mol.